The molecule has 1 fully saturated rings. The van der Waals surface area contributed by atoms with Crippen LogP contribution in [0.5, 0.6) is 0 Å². The third-order valence-corrected chi connectivity index (χ3v) is 8.50. The average Bonchev–Trinajstić information content (AvgIpc) is 3.29. The molecule has 1 aliphatic rings. The Labute approximate surface area is 266 Å². The lowest BCUT2D eigenvalue weighted by Gasteiger charge is -2.35. The Kier molecular flexibility index (Phi) is 18.2. The number of aliphatic hydroxyl groups excluding tert-OH is 3. The van der Waals surface area contributed by atoms with Crippen molar-refractivity contribution in [2.24, 2.45) is 5.73 Å². The Morgan fingerprint density at radius 3 is 2.09 bits per heavy atom. The number of ether oxygens (including phenoxy) is 2. The highest BCUT2D eigenvalue weighted by Gasteiger charge is 2.47. The van der Waals surface area contributed by atoms with Crippen molar-refractivity contribution in [2.45, 2.75) is 153 Å². The first-order chi connectivity index (χ1) is 21.7. The summed E-state index contributed by atoms with van der Waals surface area (Å²) in [5, 5.41) is 32.5. The molecule has 0 aromatic carbocycles. The highest BCUT2D eigenvalue weighted by atomic mass is 16.6. The summed E-state index contributed by atoms with van der Waals surface area (Å²) in [7, 11) is 1.15. The Hall–Kier alpha value is -2.58. The maximum Gasteiger partial charge on any atom is 0.330 e. The van der Waals surface area contributed by atoms with Gasteiger partial charge in [-0.25, -0.2) is 9.59 Å². The maximum atomic E-state index is 13.5. The van der Waals surface area contributed by atoms with Crippen LogP contribution >= 0.6 is 0 Å². The molecule has 5 unspecified atom stereocenters. The van der Waals surface area contributed by atoms with Gasteiger partial charge in [-0.3, -0.25) is 19.1 Å². The molecule has 1 aromatic heterocycles. The van der Waals surface area contributed by atoms with Crippen molar-refractivity contribution in [1.82, 2.24) is 14.5 Å². The summed E-state index contributed by atoms with van der Waals surface area (Å²) >= 11 is 0. The molecule has 258 valence electrons. The second kappa shape index (κ2) is 21.3. The van der Waals surface area contributed by atoms with Crippen LogP contribution < -0.4 is 17.0 Å². The second-order valence-corrected chi connectivity index (χ2v) is 12.0. The molecule has 0 bridgehead atoms. The number of H-pyrrole nitrogens is 1. The molecule has 13 nitrogen and oxygen atoms in total. The first kappa shape index (κ1) is 38.6. The van der Waals surface area contributed by atoms with Crippen molar-refractivity contribution in [3.63, 3.8) is 0 Å². The van der Waals surface area contributed by atoms with Gasteiger partial charge in [-0.1, -0.05) is 84.0 Å². The van der Waals surface area contributed by atoms with Gasteiger partial charge in [-0.05, 0) is 25.8 Å². The zero-order chi connectivity index (χ0) is 33.2. The molecule has 0 aliphatic carbocycles. The van der Waals surface area contributed by atoms with E-state index in [1.807, 2.05) is 0 Å². The number of aliphatic hydroxyl groups is 3. The summed E-state index contributed by atoms with van der Waals surface area (Å²) in [4.78, 5) is 53.4. The molecule has 6 atom stereocenters. The van der Waals surface area contributed by atoms with E-state index in [1.54, 1.807) is 0 Å². The predicted molar refractivity (Wildman–Crippen MR) is 169 cm³/mol. The van der Waals surface area contributed by atoms with E-state index in [2.05, 4.69) is 11.9 Å². The fraction of sp³-hybridized carbons (Fsp3) is 0.812. The number of carbonyl (C=O) groups excluding carboxylic acids is 2. The van der Waals surface area contributed by atoms with E-state index in [-0.39, 0.29) is 25.8 Å². The fourth-order valence-corrected chi connectivity index (χ4v) is 5.87. The van der Waals surface area contributed by atoms with Gasteiger partial charge in [-0.2, -0.15) is 0 Å². The average molecular weight is 641 g/mol. The highest BCUT2D eigenvalue weighted by Crippen LogP contribution is 2.32. The van der Waals surface area contributed by atoms with E-state index < -0.39 is 59.9 Å². The molecule has 1 saturated heterocycles. The number of esters is 1. The van der Waals surface area contributed by atoms with Gasteiger partial charge in [0.25, 0.3) is 5.56 Å². The SMILES string of the molecule is CCCCCCCCCCCCCCCC(=O)N(C(CC1OC(n2ccc(=O)[nH]c2=O)C(O)C1O)C(=O)OC)[C@H](O)CCCN. The Morgan fingerprint density at radius 2 is 1.56 bits per heavy atom. The van der Waals surface area contributed by atoms with Gasteiger partial charge >= 0.3 is 11.7 Å². The number of hydrogen-bond donors (Lipinski definition) is 5. The molecule has 13 heteroatoms. The molecule has 0 saturated carbocycles. The number of nitrogens with two attached hydrogens (primary N) is 1. The molecule has 45 heavy (non-hydrogen) atoms. The van der Waals surface area contributed by atoms with Crippen molar-refractivity contribution < 1.29 is 34.4 Å². The summed E-state index contributed by atoms with van der Waals surface area (Å²) in [6.45, 7) is 2.50. The maximum absolute atomic E-state index is 13.5. The number of unbranched alkanes of at least 4 members (excludes halogenated alkanes) is 12. The van der Waals surface area contributed by atoms with E-state index in [0.29, 0.717) is 12.8 Å². The zero-order valence-corrected chi connectivity index (χ0v) is 27.1. The summed E-state index contributed by atoms with van der Waals surface area (Å²) in [6, 6.07) is -0.269. The van der Waals surface area contributed by atoms with E-state index in [1.165, 1.54) is 57.8 Å². The minimum absolute atomic E-state index is 0.108. The number of aromatic amines is 1. The van der Waals surface area contributed by atoms with Crippen molar-refractivity contribution in [3.8, 4) is 0 Å². The lowest BCUT2D eigenvalue weighted by molar-refractivity contribution is -0.166. The van der Waals surface area contributed by atoms with Crippen LogP contribution in [0.2, 0.25) is 0 Å². The van der Waals surface area contributed by atoms with E-state index in [0.717, 1.165) is 48.1 Å². The lowest BCUT2D eigenvalue weighted by Crippen LogP contribution is -2.53. The Morgan fingerprint density at radius 1 is 0.978 bits per heavy atom. The van der Waals surface area contributed by atoms with E-state index in [4.69, 9.17) is 15.2 Å². The number of carbonyl (C=O) groups is 2. The van der Waals surface area contributed by atoms with Gasteiger partial charge in [0.2, 0.25) is 5.91 Å². The monoisotopic (exact) mass is 640 g/mol. The van der Waals surface area contributed by atoms with Crippen molar-refractivity contribution in [2.75, 3.05) is 13.7 Å². The zero-order valence-electron chi connectivity index (χ0n) is 27.1. The van der Waals surface area contributed by atoms with Gasteiger partial charge in [0.15, 0.2) is 6.23 Å². The van der Waals surface area contributed by atoms with Crippen LogP contribution in [0, 0.1) is 0 Å². The molecule has 0 spiro atoms. The van der Waals surface area contributed by atoms with Gasteiger partial charge in [0.05, 0.1) is 13.2 Å². The quantitative estimate of drug-likeness (QED) is 0.0673. The molecule has 1 aliphatic heterocycles. The van der Waals surface area contributed by atoms with Crippen LogP contribution in [0.25, 0.3) is 0 Å². The summed E-state index contributed by atoms with van der Waals surface area (Å²) in [5.41, 5.74) is 4.13. The van der Waals surface area contributed by atoms with Gasteiger partial charge in [-0.15, -0.1) is 0 Å². The van der Waals surface area contributed by atoms with Crippen LogP contribution in [0.15, 0.2) is 21.9 Å². The molecular weight excluding hydrogens is 584 g/mol. The number of aromatic nitrogens is 2. The van der Waals surface area contributed by atoms with Crippen LogP contribution in [0.3, 0.4) is 0 Å². The normalized spacial score (nSPS) is 21.0. The van der Waals surface area contributed by atoms with Crippen LogP contribution in [-0.4, -0.2) is 85.9 Å². The Bertz CT molecular complexity index is 1110. The number of amides is 1. The van der Waals surface area contributed by atoms with Gasteiger partial charge in [0.1, 0.15) is 24.5 Å². The number of methoxy groups -OCH3 is 1. The highest BCUT2D eigenvalue weighted by molar-refractivity contribution is 5.84. The third-order valence-electron chi connectivity index (χ3n) is 8.50. The van der Waals surface area contributed by atoms with Gasteiger partial charge in [0, 0.05) is 25.1 Å². The van der Waals surface area contributed by atoms with E-state index in [9.17, 15) is 34.5 Å². The molecular formula is C32H56N4O9. The van der Waals surface area contributed by atoms with Gasteiger partial charge < -0.3 is 35.4 Å². The predicted octanol–water partition coefficient (Wildman–Crippen LogP) is 2.45. The largest absolute Gasteiger partial charge is 0.467 e. The minimum Gasteiger partial charge on any atom is -0.467 e. The summed E-state index contributed by atoms with van der Waals surface area (Å²) in [6.07, 6.45) is 9.42. The van der Waals surface area contributed by atoms with Crippen LogP contribution in [0.4, 0.5) is 0 Å². The second-order valence-electron chi connectivity index (χ2n) is 12.0. The molecule has 2 rings (SSSR count). The summed E-state index contributed by atoms with van der Waals surface area (Å²) < 4.78 is 11.7. The third kappa shape index (κ3) is 12.6. The molecule has 1 amide bonds. The number of nitrogens with one attached hydrogen (secondary N) is 1. The number of nitrogens with zero attached hydrogens (tertiary/aromatic N) is 2. The van der Waals surface area contributed by atoms with Crippen molar-refractivity contribution >= 4 is 11.9 Å². The van der Waals surface area contributed by atoms with Crippen LogP contribution in [0.1, 0.15) is 122 Å². The molecule has 6 N–H and O–H groups in total. The first-order valence-electron chi connectivity index (χ1n) is 16.8. The molecule has 0 radical (unpaired) electrons. The summed E-state index contributed by atoms with van der Waals surface area (Å²) in [5.74, 6) is -1.27. The number of hydrogen-bond acceptors (Lipinski definition) is 10. The first-order valence-corrected chi connectivity index (χ1v) is 16.8. The number of rotatable bonds is 23. The molecule has 2 heterocycles. The van der Waals surface area contributed by atoms with Crippen LogP contribution in [-0.2, 0) is 19.1 Å². The van der Waals surface area contributed by atoms with E-state index >= 15 is 0 Å². The Balaban J connectivity index is 1.98. The smallest absolute Gasteiger partial charge is 0.330 e. The van der Waals surface area contributed by atoms with Crippen molar-refractivity contribution in [1.29, 1.82) is 0 Å². The minimum atomic E-state index is -1.57. The standard InChI is InChI=1S/C32H56N4O9/c1-3-4-5-6-7-8-9-10-11-12-13-14-15-17-26(38)36(27(39)18-16-20-33)23(31(42)44-2)22-24-28(40)29(41)30(45-24)35-21-19-25(37)34-32(35)43/h19,21,23-24,27-30,39-41H,3-18,20,22,33H2,1-2H3,(H,34,37,43)/t23?,24?,27-,28?,29?,30?/m1/s1. The lowest BCUT2D eigenvalue weighted by atomic mass is 10.00. The molecule has 1 aromatic rings. The van der Waals surface area contributed by atoms with Crippen molar-refractivity contribution in [3.05, 3.63) is 33.1 Å². The topological polar surface area (TPSA) is 197 Å². The fourth-order valence-electron chi connectivity index (χ4n) is 5.87.